The lowest BCUT2D eigenvalue weighted by Gasteiger charge is -2.09. The molecule has 0 aliphatic carbocycles. The summed E-state index contributed by atoms with van der Waals surface area (Å²) < 4.78 is 18.4. The molecular formula is C21H15FN4O3. The van der Waals surface area contributed by atoms with Crippen LogP contribution < -0.4 is 10.9 Å². The molecule has 0 spiro atoms. The minimum absolute atomic E-state index is 0.170. The summed E-state index contributed by atoms with van der Waals surface area (Å²) in [6, 6.07) is 15.7. The lowest BCUT2D eigenvalue weighted by Crippen LogP contribution is -2.41. The Kier molecular flexibility index (Phi) is 4.74. The van der Waals surface area contributed by atoms with Gasteiger partial charge in [-0.1, -0.05) is 23.4 Å². The van der Waals surface area contributed by atoms with Crippen molar-refractivity contribution in [3.05, 3.63) is 83.3 Å². The summed E-state index contributed by atoms with van der Waals surface area (Å²) in [7, 11) is 0. The fraction of sp³-hybridized carbons (Fsp3) is 0.0476. The quantitative estimate of drug-likeness (QED) is 0.523. The molecule has 0 bridgehead atoms. The second kappa shape index (κ2) is 7.51. The van der Waals surface area contributed by atoms with Crippen LogP contribution in [-0.2, 0) is 0 Å². The van der Waals surface area contributed by atoms with Gasteiger partial charge < -0.3 is 4.52 Å². The van der Waals surface area contributed by atoms with Crippen LogP contribution in [0.3, 0.4) is 0 Å². The lowest BCUT2D eigenvalue weighted by atomic mass is 10.1. The summed E-state index contributed by atoms with van der Waals surface area (Å²) in [5, 5.41) is 4.30. The number of rotatable bonds is 3. The molecule has 2 N–H and O–H groups in total. The molecule has 29 heavy (non-hydrogen) atoms. The number of hydrogen-bond donors (Lipinski definition) is 2. The Labute approximate surface area is 164 Å². The third kappa shape index (κ3) is 3.68. The van der Waals surface area contributed by atoms with Gasteiger partial charge in [-0.25, -0.2) is 9.37 Å². The molecule has 144 valence electrons. The van der Waals surface area contributed by atoms with E-state index in [1.807, 2.05) is 0 Å². The summed E-state index contributed by atoms with van der Waals surface area (Å²) in [4.78, 5) is 29.3. The van der Waals surface area contributed by atoms with Crippen LogP contribution in [0.2, 0.25) is 0 Å². The molecule has 0 aliphatic rings. The van der Waals surface area contributed by atoms with E-state index in [9.17, 15) is 14.0 Å². The number of amides is 2. The number of hydrazine groups is 1. The van der Waals surface area contributed by atoms with Gasteiger partial charge in [0.1, 0.15) is 5.82 Å². The number of aryl methyl sites for hydroxylation is 1. The van der Waals surface area contributed by atoms with Crippen LogP contribution in [0.5, 0.6) is 0 Å². The maximum absolute atomic E-state index is 13.2. The molecule has 0 fully saturated rings. The monoisotopic (exact) mass is 390 g/mol. The van der Waals surface area contributed by atoms with Crippen LogP contribution in [0, 0.1) is 12.7 Å². The third-order valence-corrected chi connectivity index (χ3v) is 4.33. The van der Waals surface area contributed by atoms with Crippen LogP contribution in [0.1, 0.15) is 26.4 Å². The van der Waals surface area contributed by atoms with Crippen LogP contribution in [0.4, 0.5) is 4.39 Å². The van der Waals surface area contributed by atoms with Gasteiger partial charge >= 0.3 is 0 Å². The predicted molar refractivity (Wildman–Crippen MR) is 103 cm³/mol. The SMILES string of the molecule is Cc1noc2nc(-c3ccc(F)cc3)cc(C(=O)NNC(=O)c3ccccc3)c12. The van der Waals surface area contributed by atoms with E-state index >= 15 is 0 Å². The molecule has 2 heterocycles. The van der Waals surface area contributed by atoms with Gasteiger partial charge in [-0.2, -0.15) is 0 Å². The highest BCUT2D eigenvalue weighted by atomic mass is 19.1. The minimum Gasteiger partial charge on any atom is -0.335 e. The number of hydrogen-bond acceptors (Lipinski definition) is 5. The molecule has 0 atom stereocenters. The second-order valence-corrected chi connectivity index (χ2v) is 6.28. The molecular weight excluding hydrogens is 375 g/mol. The van der Waals surface area contributed by atoms with Gasteiger partial charge in [0.15, 0.2) is 0 Å². The van der Waals surface area contributed by atoms with Crippen molar-refractivity contribution in [2.45, 2.75) is 6.92 Å². The van der Waals surface area contributed by atoms with Gasteiger partial charge in [-0.15, -0.1) is 0 Å². The largest absolute Gasteiger partial charge is 0.335 e. The number of fused-ring (bicyclic) bond motifs is 1. The molecule has 7 nitrogen and oxygen atoms in total. The Morgan fingerprint density at radius 2 is 1.66 bits per heavy atom. The molecule has 2 aromatic heterocycles. The van der Waals surface area contributed by atoms with Crippen molar-refractivity contribution in [2.24, 2.45) is 0 Å². The first-order chi connectivity index (χ1) is 14.0. The van der Waals surface area contributed by atoms with E-state index in [4.69, 9.17) is 4.52 Å². The number of aromatic nitrogens is 2. The number of nitrogens with one attached hydrogen (secondary N) is 2. The highest BCUT2D eigenvalue weighted by Crippen LogP contribution is 2.27. The van der Waals surface area contributed by atoms with Gasteiger partial charge in [0.2, 0.25) is 0 Å². The van der Waals surface area contributed by atoms with Gasteiger partial charge in [0.25, 0.3) is 17.5 Å². The molecule has 8 heteroatoms. The lowest BCUT2D eigenvalue weighted by molar-refractivity contribution is 0.0847. The van der Waals surface area contributed by atoms with Crippen molar-refractivity contribution in [1.29, 1.82) is 0 Å². The van der Waals surface area contributed by atoms with Crippen molar-refractivity contribution >= 4 is 22.9 Å². The van der Waals surface area contributed by atoms with Gasteiger partial charge in [-0.05, 0) is 49.4 Å². The zero-order valence-corrected chi connectivity index (χ0v) is 15.3. The molecule has 0 saturated carbocycles. The Bertz CT molecular complexity index is 1200. The average Bonchev–Trinajstić information content (AvgIpc) is 3.13. The highest BCUT2D eigenvalue weighted by molar-refractivity contribution is 6.08. The number of nitrogens with zero attached hydrogens (tertiary/aromatic N) is 2. The smallest absolute Gasteiger partial charge is 0.270 e. The van der Waals surface area contributed by atoms with Gasteiger partial charge in [0.05, 0.1) is 22.3 Å². The second-order valence-electron chi connectivity index (χ2n) is 6.28. The standard InChI is InChI=1S/C21H15FN4O3/c1-12-18-16(20(28)25-24-19(27)14-5-3-2-4-6-14)11-17(23-21(18)29-26-12)13-7-9-15(22)10-8-13/h2-11H,1H3,(H,24,27)(H,25,28). The van der Waals surface area contributed by atoms with Crippen molar-refractivity contribution < 1.29 is 18.5 Å². The van der Waals surface area contributed by atoms with E-state index in [2.05, 4.69) is 21.0 Å². The number of pyridine rings is 1. The summed E-state index contributed by atoms with van der Waals surface area (Å²) in [5.41, 5.74) is 7.07. The van der Waals surface area contributed by atoms with Crippen LogP contribution in [0.15, 0.2) is 65.2 Å². The number of carbonyl (C=O) groups is 2. The highest BCUT2D eigenvalue weighted by Gasteiger charge is 2.20. The summed E-state index contributed by atoms with van der Waals surface area (Å²) in [6.45, 7) is 1.68. The normalized spacial score (nSPS) is 10.7. The first-order valence-electron chi connectivity index (χ1n) is 8.71. The minimum atomic E-state index is -0.559. The topological polar surface area (TPSA) is 97.1 Å². The third-order valence-electron chi connectivity index (χ3n) is 4.33. The van der Waals surface area contributed by atoms with E-state index in [1.54, 1.807) is 55.5 Å². The first kappa shape index (κ1) is 18.3. The molecule has 0 aliphatic heterocycles. The van der Waals surface area contributed by atoms with Gasteiger partial charge in [-0.3, -0.25) is 20.4 Å². The molecule has 0 saturated heterocycles. The first-order valence-corrected chi connectivity index (χ1v) is 8.71. The van der Waals surface area contributed by atoms with E-state index in [0.717, 1.165) is 0 Å². The summed E-state index contributed by atoms with van der Waals surface area (Å²) in [5.74, 6) is -1.40. The van der Waals surface area contributed by atoms with Gasteiger partial charge in [0, 0.05) is 11.1 Å². The molecule has 4 aromatic rings. The van der Waals surface area contributed by atoms with Crippen LogP contribution >= 0.6 is 0 Å². The number of benzene rings is 2. The van der Waals surface area contributed by atoms with Crippen LogP contribution in [0.25, 0.3) is 22.4 Å². The zero-order valence-electron chi connectivity index (χ0n) is 15.3. The Hall–Kier alpha value is -4.07. The predicted octanol–water partition coefficient (Wildman–Crippen LogP) is 3.41. The van der Waals surface area contributed by atoms with Crippen LogP contribution in [-0.4, -0.2) is 22.0 Å². The summed E-state index contributed by atoms with van der Waals surface area (Å²) in [6.07, 6.45) is 0. The molecule has 2 aromatic carbocycles. The maximum Gasteiger partial charge on any atom is 0.270 e. The average molecular weight is 390 g/mol. The van der Waals surface area contributed by atoms with Crippen molar-refractivity contribution in [3.8, 4) is 11.3 Å². The maximum atomic E-state index is 13.2. The summed E-state index contributed by atoms with van der Waals surface area (Å²) >= 11 is 0. The van der Waals surface area contributed by atoms with E-state index < -0.39 is 11.8 Å². The Morgan fingerprint density at radius 3 is 2.38 bits per heavy atom. The van der Waals surface area contributed by atoms with E-state index in [0.29, 0.717) is 27.9 Å². The molecule has 2 amide bonds. The molecule has 4 rings (SSSR count). The van der Waals surface area contributed by atoms with Crippen molar-refractivity contribution in [2.75, 3.05) is 0 Å². The fourth-order valence-corrected chi connectivity index (χ4v) is 2.88. The van der Waals surface area contributed by atoms with Crippen molar-refractivity contribution in [1.82, 2.24) is 21.0 Å². The molecule has 0 unspecified atom stereocenters. The zero-order chi connectivity index (χ0) is 20.4. The van der Waals surface area contributed by atoms with Crippen molar-refractivity contribution in [3.63, 3.8) is 0 Å². The Morgan fingerprint density at radius 1 is 0.966 bits per heavy atom. The van der Waals surface area contributed by atoms with E-state index in [-0.39, 0.29) is 17.1 Å². The fourth-order valence-electron chi connectivity index (χ4n) is 2.88. The Balaban J connectivity index is 1.66. The molecule has 0 radical (unpaired) electrons. The number of halogens is 1. The van der Waals surface area contributed by atoms with E-state index in [1.165, 1.54) is 12.1 Å². The number of carbonyl (C=O) groups excluding carboxylic acids is 2.